The van der Waals surface area contributed by atoms with Crippen molar-refractivity contribution in [3.05, 3.63) is 0 Å². The lowest BCUT2D eigenvalue weighted by Crippen LogP contribution is -2.37. The Kier molecular flexibility index (Phi) is 16.5. The highest BCUT2D eigenvalue weighted by atomic mass is 16.5. The van der Waals surface area contributed by atoms with Crippen LogP contribution in [0.25, 0.3) is 0 Å². The number of aliphatic hydroxyl groups is 2. The van der Waals surface area contributed by atoms with Crippen molar-refractivity contribution >= 4 is 0 Å². The van der Waals surface area contributed by atoms with Gasteiger partial charge in [0.25, 0.3) is 0 Å². The van der Waals surface area contributed by atoms with Gasteiger partial charge in [0.15, 0.2) is 0 Å². The fraction of sp³-hybridized carbons (Fsp3) is 1.00. The number of rotatable bonds is 19. The van der Waals surface area contributed by atoms with Gasteiger partial charge in [0.1, 0.15) is 0 Å². The number of unbranched alkanes of at least 4 members (excludes halogenated alkanes) is 15. The molecular weight excluding hydrogens is 338 g/mol. The first-order valence-electron chi connectivity index (χ1n) is 11.9. The summed E-state index contributed by atoms with van der Waals surface area (Å²) in [4.78, 5) is 0. The first-order valence-corrected chi connectivity index (χ1v) is 11.9. The number of ether oxygens (including phenoxy) is 1. The van der Waals surface area contributed by atoms with E-state index in [4.69, 9.17) is 4.74 Å². The van der Waals surface area contributed by atoms with E-state index in [-0.39, 0.29) is 6.04 Å². The average Bonchev–Trinajstić information content (AvgIpc) is 2.99. The molecular formula is C23H47NO3. The first kappa shape index (κ1) is 24.9. The molecule has 0 amide bonds. The number of hydrogen-bond donors (Lipinski definition) is 3. The van der Waals surface area contributed by atoms with Crippen LogP contribution in [0.5, 0.6) is 0 Å². The molecule has 1 aliphatic rings. The molecule has 0 aromatic rings. The van der Waals surface area contributed by atoms with Gasteiger partial charge in [-0.15, -0.1) is 0 Å². The summed E-state index contributed by atoms with van der Waals surface area (Å²) in [5.74, 6) is 0. The molecule has 1 saturated heterocycles. The van der Waals surface area contributed by atoms with Crippen LogP contribution in [0.2, 0.25) is 0 Å². The summed E-state index contributed by atoms with van der Waals surface area (Å²) in [7, 11) is 0. The molecule has 1 fully saturated rings. The van der Waals surface area contributed by atoms with Crippen LogP contribution in [0.1, 0.15) is 110 Å². The number of hydrogen-bond acceptors (Lipinski definition) is 4. The highest BCUT2D eigenvalue weighted by Gasteiger charge is 2.32. The van der Waals surface area contributed by atoms with Crippen molar-refractivity contribution in [3.63, 3.8) is 0 Å². The van der Waals surface area contributed by atoms with Gasteiger partial charge in [0.05, 0.1) is 24.9 Å². The maximum Gasteiger partial charge on any atom is 0.0986 e. The van der Waals surface area contributed by atoms with Crippen molar-refractivity contribution in [1.29, 1.82) is 0 Å². The van der Waals surface area contributed by atoms with Crippen LogP contribution in [-0.2, 0) is 4.74 Å². The van der Waals surface area contributed by atoms with Gasteiger partial charge in [0, 0.05) is 13.2 Å². The van der Waals surface area contributed by atoms with Crippen LogP contribution in [-0.4, -0.2) is 48.2 Å². The molecule has 162 valence electrons. The topological polar surface area (TPSA) is 61.7 Å². The van der Waals surface area contributed by atoms with Gasteiger partial charge in [-0.05, 0) is 6.42 Å². The summed E-state index contributed by atoms with van der Waals surface area (Å²) < 4.78 is 5.62. The second kappa shape index (κ2) is 17.9. The number of nitrogens with one attached hydrogen (secondary N) is 1. The molecule has 1 rings (SSSR count). The quantitative estimate of drug-likeness (QED) is 0.275. The van der Waals surface area contributed by atoms with Crippen LogP contribution < -0.4 is 5.32 Å². The Morgan fingerprint density at radius 2 is 1.15 bits per heavy atom. The lowest BCUT2D eigenvalue weighted by molar-refractivity contribution is 0.0148. The van der Waals surface area contributed by atoms with Gasteiger partial charge >= 0.3 is 0 Å². The predicted molar refractivity (Wildman–Crippen MR) is 114 cm³/mol. The average molecular weight is 386 g/mol. The van der Waals surface area contributed by atoms with E-state index >= 15 is 0 Å². The Bertz CT molecular complexity index is 314. The van der Waals surface area contributed by atoms with Gasteiger partial charge in [-0.3, -0.25) is 0 Å². The van der Waals surface area contributed by atoms with E-state index in [9.17, 15) is 10.2 Å². The fourth-order valence-electron chi connectivity index (χ4n) is 3.90. The molecule has 4 heteroatoms. The molecule has 4 nitrogen and oxygen atoms in total. The summed E-state index contributed by atoms with van der Waals surface area (Å²) in [6, 6.07) is -0.110. The van der Waals surface area contributed by atoms with Gasteiger partial charge in [0.2, 0.25) is 0 Å². The summed E-state index contributed by atoms with van der Waals surface area (Å²) >= 11 is 0. The highest BCUT2D eigenvalue weighted by molar-refractivity contribution is 4.90. The highest BCUT2D eigenvalue weighted by Crippen LogP contribution is 2.14. The summed E-state index contributed by atoms with van der Waals surface area (Å²) in [5, 5.41) is 22.2. The van der Waals surface area contributed by atoms with Crippen LogP contribution in [0.4, 0.5) is 0 Å². The lowest BCUT2D eigenvalue weighted by atomic mass is 10.0. The molecule has 1 heterocycles. The molecule has 0 radical (unpaired) electrons. The number of aliphatic hydroxyl groups excluding tert-OH is 2. The third-order valence-electron chi connectivity index (χ3n) is 5.84. The maximum atomic E-state index is 9.71. The fourth-order valence-corrected chi connectivity index (χ4v) is 3.90. The third kappa shape index (κ3) is 13.6. The Morgan fingerprint density at radius 3 is 1.56 bits per heavy atom. The molecule has 0 aromatic carbocycles. The molecule has 1 aliphatic heterocycles. The van der Waals surface area contributed by atoms with Crippen molar-refractivity contribution in [2.75, 3.05) is 19.8 Å². The minimum Gasteiger partial charge on any atom is -0.389 e. The molecule has 0 aliphatic carbocycles. The van der Waals surface area contributed by atoms with Gasteiger partial charge in [-0.25, -0.2) is 0 Å². The molecule has 0 bridgehead atoms. The minimum atomic E-state index is -0.684. The smallest absolute Gasteiger partial charge is 0.0986 e. The van der Waals surface area contributed by atoms with E-state index < -0.39 is 12.2 Å². The molecule has 27 heavy (non-hydrogen) atoms. The largest absolute Gasteiger partial charge is 0.389 e. The first-order chi connectivity index (χ1) is 13.3. The zero-order valence-electron chi connectivity index (χ0n) is 18.0. The normalized spacial score (nSPS) is 22.6. The zero-order valence-corrected chi connectivity index (χ0v) is 18.0. The number of β-amino-alcohol motifs (C(OH)–C–C–N with tert-alkyl or cyclic N) is 1. The second-order valence-electron chi connectivity index (χ2n) is 8.45. The third-order valence-corrected chi connectivity index (χ3v) is 5.84. The van der Waals surface area contributed by atoms with Crippen molar-refractivity contribution in [3.8, 4) is 0 Å². The Labute approximate surface area is 168 Å². The Hall–Kier alpha value is -0.160. The van der Waals surface area contributed by atoms with Crippen molar-refractivity contribution in [1.82, 2.24) is 5.32 Å². The van der Waals surface area contributed by atoms with E-state index in [1.54, 1.807) is 0 Å². The summed E-state index contributed by atoms with van der Waals surface area (Å²) in [6.07, 6.45) is 20.7. The maximum absolute atomic E-state index is 9.71. The molecule has 0 spiro atoms. The van der Waals surface area contributed by atoms with Gasteiger partial charge in [-0.1, -0.05) is 103 Å². The minimum absolute atomic E-state index is 0.110. The molecule has 3 N–H and O–H groups in total. The molecule has 0 saturated carbocycles. The summed E-state index contributed by atoms with van der Waals surface area (Å²) in [6.45, 7) is 4.01. The van der Waals surface area contributed by atoms with E-state index in [1.165, 1.54) is 96.3 Å². The van der Waals surface area contributed by atoms with Crippen molar-refractivity contribution in [2.24, 2.45) is 0 Å². The van der Waals surface area contributed by atoms with Crippen molar-refractivity contribution in [2.45, 2.75) is 128 Å². The van der Waals surface area contributed by atoms with E-state index in [2.05, 4.69) is 12.2 Å². The van der Waals surface area contributed by atoms with Gasteiger partial charge in [-0.2, -0.15) is 0 Å². The SMILES string of the molecule is CCCCCCCCCCCCCCCCCCOC[C@H]1NC[C@H](O)[C@@H]1O. The van der Waals surface area contributed by atoms with Crippen LogP contribution in [0.3, 0.4) is 0 Å². The molecule has 3 atom stereocenters. The predicted octanol–water partition coefficient (Wildman–Crippen LogP) is 4.96. The standard InChI is InChI=1S/C23H47NO3/c1-2-3-4-5-6-7-8-9-10-11-12-13-14-15-16-17-18-27-20-21-23(26)22(25)19-24-21/h21-26H,2-20H2,1H3/t21-,22+,23-/m1/s1. The molecule has 0 unspecified atom stereocenters. The zero-order chi connectivity index (χ0) is 19.6. The van der Waals surface area contributed by atoms with E-state index in [0.29, 0.717) is 13.2 Å². The Balaban J connectivity index is 1.69. The van der Waals surface area contributed by atoms with Crippen LogP contribution in [0, 0.1) is 0 Å². The van der Waals surface area contributed by atoms with Gasteiger partial charge < -0.3 is 20.3 Å². The second-order valence-corrected chi connectivity index (χ2v) is 8.45. The monoisotopic (exact) mass is 385 g/mol. The van der Waals surface area contributed by atoms with Crippen LogP contribution >= 0.6 is 0 Å². The van der Waals surface area contributed by atoms with E-state index in [1.807, 2.05) is 0 Å². The Morgan fingerprint density at radius 1 is 0.704 bits per heavy atom. The lowest BCUT2D eigenvalue weighted by Gasteiger charge is -2.15. The molecule has 0 aromatic heterocycles. The van der Waals surface area contributed by atoms with Crippen LogP contribution in [0.15, 0.2) is 0 Å². The summed E-state index contributed by atoms with van der Waals surface area (Å²) in [5.41, 5.74) is 0. The van der Waals surface area contributed by atoms with E-state index in [0.717, 1.165) is 13.0 Å². The van der Waals surface area contributed by atoms with Crippen molar-refractivity contribution < 1.29 is 14.9 Å².